The van der Waals surface area contributed by atoms with Crippen LogP contribution >= 0.6 is 24.0 Å². The molecule has 1 saturated carbocycles. The van der Waals surface area contributed by atoms with E-state index in [0.29, 0.717) is 40.3 Å². The maximum atomic E-state index is 12.9. The molecule has 2 fully saturated rings. The second-order valence-electron chi connectivity index (χ2n) is 8.38. The maximum Gasteiger partial charge on any atom is 0.256 e. The first-order chi connectivity index (χ1) is 16.1. The minimum atomic E-state index is -0.311. The number of fused-ring (bicyclic) bond motifs is 1. The predicted molar refractivity (Wildman–Crippen MR) is 131 cm³/mol. The Morgan fingerprint density at radius 2 is 1.91 bits per heavy atom. The first-order valence-corrected chi connectivity index (χ1v) is 11.3. The monoisotopic (exact) mass is 501 g/mol. The summed E-state index contributed by atoms with van der Waals surface area (Å²) < 4.78 is 0. The molecule has 178 valence electrons. The molecule has 2 aliphatic rings. The van der Waals surface area contributed by atoms with Crippen molar-refractivity contribution in [1.82, 2.24) is 25.3 Å². The van der Waals surface area contributed by atoms with E-state index >= 15 is 0 Å². The summed E-state index contributed by atoms with van der Waals surface area (Å²) in [6.45, 7) is 2.41. The summed E-state index contributed by atoms with van der Waals surface area (Å²) >= 11 is 6.23. The van der Waals surface area contributed by atoms with Gasteiger partial charge in [-0.1, -0.05) is 23.7 Å². The topological polar surface area (TPSA) is 116 Å². The molecule has 0 radical (unpaired) electrons. The van der Waals surface area contributed by atoms with E-state index in [0.717, 1.165) is 30.5 Å². The number of rotatable bonds is 8. The zero-order valence-corrected chi connectivity index (χ0v) is 19.9. The van der Waals surface area contributed by atoms with Crippen LogP contribution in [0.2, 0.25) is 5.02 Å². The van der Waals surface area contributed by atoms with Gasteiger partial charge in [-0.2, -0.15) is 4.98 Å². The molecule has 1 aliphatic carbocycles. The molecule has 9 nitrogen and oxygen atoms in total. The van der Waals surface area contributed by atoms with E-state index in [1.807, 2.05) is 6.07 Å². The summed E-state index contributed by atoms with van der Waals surface area (Å²) in [7, 11) is 0. The van der Waals surface area contributed by atoms with E-state index in [4.69, 9.17) is 16.6 Å². The standard InChI is InChI=1S/C23H24ClN7O2.ClH/c24-19-6-14(2-3-15(19)13-32)8-27-21-18(22(33)28-10-20-25-4-1-5-26-20)9-29-23(30-21)31-11-16-7-17(16)12-31;/h1-6,9,16-17,32H,7-8,10-13H2,(H,28,33)(H,27,29,30);1H. The summed E-state index contributed by atoms with van der Waals surface area (Å²) in [6, 6.07) is 7.19. The molecule has 5 rings (SSSR count). The Balaban J connectivity index is 0.00000274. The second kappa shape index (κ2) is 10.5. The Hall–Kier alpha value is -3.01. The van der Waals surface area contributed by atoms with Gasteiger partial charge in [0.15, 0.2) is 0 Å². The van der Waals surface area contributed by atoms with Crippen molar-refractivity contribution in [1.29, 1.82) is 0 Å². The summed E-state index contributed by atoms with van der Waals surface area (Å²) in [5, 5.41) is 15.9. The summed E-state index contributed by atoms with van der Waals surface area (Å²) in [5.74, 6) is 2.77. The number of aliphatic hydroxyl groups excluding tert-OH is 1. The Bertz CT molecular complexity index is 1160. The third kappa shape index (κ3) is 5.38. The van der Waals surface area contributed by atoms with Crippen molar-refractivity contribution in [3.8, 4) is 0 Å². The minimum Gasteiger partial charge on any atom is -0.392 e. The van der Waals surface area contributed by atoms with Crippen molar-refractivity contribution < 1.29 is 9.90 Å². The van der Waals surface area contributed by atoms with Gasteiger partial charge in [0.1, 0.15) is 17.2 Å². The Morgan fingerprint density at radius 3 is 2.62 bits per heavy atom. The van der Waals surface area contributed by atoms with Crippen LogP contribution in [0.25, 0.3) is 0 Å². The van der Waals surface area contributed by atoms with Crippen molar-refractivity contribution >= 4 is 41.7 Å². The first-order valence-electron chi connectivity index (χ1n) is 10.9. The van der Waals surface area contributed by atoms with E-state index in [1.165, 1.54) is 6.42 Å². The number of nitrogens with one attached hydrogen (secondary N) is 2. The molecule has 2 aromatic heterocycles. The summed E-state index contributed by atoms with van der Waals surface area (Å²) in [4.78, 5) is 32.5. The van der Waals surface area contributed by atoms with Crippen LogP contribution in [0.3, 0.4) is 0 Å². The van der Waals surface area contributed by atoms with Crippen molar-refractivity contribution in [3.63, 3.8) is 0 Å². The van der Waals surface area contributed by atoms with Crippen LogP contribution in [0.4, 0.5) is 11.8 Å². The molecule has 1 amide bonds. The van der Waals surface area contributed by atoms with Gasteiger partial charge in [-0.15, -0.1) is 12.4 Å². The van der Waals surface area contributed by atoms with Crippen molar-refractivity contribution in [2.24, 2.45) is 11.8 Å². The zero-order chi connectivity index (χ0) is 22.8. The fourth-order valence-electron chi connectivity index (χ4n) is 4.08. The molecule has 3 N–H and O–H groups in total. The molecule has 34 heavy (non-hydrogen) atoms. The quantitative estimate of drug-likeness (QED) is 0.431. The zero-order valence-electron chi connectivity index (χ0n) is 18.3. The number of carbonyl (C=O) groups excluding carboxylic acids is 1. The SMILES string of the molecule is Cl.O=C(NCc1ncccn1)c1cnc(N2CC3CC3C2)nc1NCc1ccc(CO)c(Cl)c1. The number of hydrogen-bond donors (Lipinski definition) is 3. The van der Waals surface area contributed by atoms with Gasteiger partial charge in [-0.05, 0) is 41.5 Å². The molecule has 1 aromatic carbocycles. The lowest BCUT2D eigenvalue weighted by Crippen LogP contribution is -2.28. The molecule has 2 atom stereocenters. The molecular formula is C23H25Cl2N7O2. The van der Waals surface area contributed by atoms with Gasteiger partial charge in [0.05, 0.1) is 13.2 Å². The van der Waals surface area contributed by atoms with Crippen LogP contribution in [0.5, 0.6) is 0 Å². The molecular weight excluding hydrogens is 477 g/mol. The molecule has 1 aliphatic heterocycles. The first kappa shape index (κ1) is 24.1. The van der Waals surface area contributed by atoms with Gasteiger partial charge in [-0.25, -0.2) is 15.0 Å². The highest BCUT2D eigenvalue weighted by atomic mass is 35.5. The predicted octanol–water partition coefficient (Wildman–Crippen LogP) is 2.83. The average Bonchev–Trinajstić information content (AvgIpc) is 3.46. The Morgan fingerprint density at radius 1 is 1.15 bits per heavy atom. The Labute approximate surface area is 208 Å². The van der Waals surface area contributed by atoms with E-state index in [-0.39, 0.29) is 31.5 Å². The number of halogens is 2. The van der Waals surface area contributed by atoms with Gasteiger partial charge in [0.25, 0.3) is 5.91 Å². The number of nitrogens with zero attached hydrogens (tertiary/aromatic N) is 5. The number of hydrogen-bond acceptors (Lipinski definition) is 8. The highest BCUT2D eigenvalue weighted by molar-refractivity contribution is 6.31. The molecule has 3 heterocycles. The van der Waals surface area contributed by atoms with Gasteiger partial charge < -0.3 is 20.6 Å². The summed E-state index contributed by atoms with van der Waals surface area (Å²) in [5.41, 5.74) is 1.92. The number of aliphatic hydroxyl groups is 1. The van der Waals surface area contributed by atoms with Crippen LogP contribution in [0, 0.1) is 11.8 Å². The molecule has 0 bridgehead atoms. The third-order valence-corrected chi connectivity index (χ3v) is 6.41. The summed E-state index contributed by atoms with van der Waals surface area (Å²) in [6.07, 6.45) is 6.12. The van der Waals surface area contributed by atoms with Gasteiger partial charge >= 0.3 is 0 Å². The normalized spacial score (nSPS) is 18.1. The van der Waals surface area contributed by atoms with Crippen LogP contribution < -0.4 is 15.5 Å². The number of carbonyl (C=O) groups is 1. The van der Waals surface area contributed by atoms with Gasteiger partial charge in [0.2, 0.25) is 5.95 Å². The number of amides is 1. The van der Waals surface area contributed by atoms with Crippen LogP contribution in [-0.2, 0) is 19.7 Å². The lowest BCUT2D eigenvalue weighted by molar-refractivity contribution is 0.0950. The molecule has 1 saturated heterocycles. The smallest absolute Gasteiger partial charge is 0.256 e. The molecule has 0 spiro atoms. The van der Waals surface area contributed by atoms with Crippen LogP contribution in [0.1, 0.15) is 33.7 Å². The number of piperidine rings is 1. The van der Waals surface area contributed by atoms with Crippen molar-refractivity contribution in [2.45, 2.75) is 26.1 Å². The lowest BCUT2D eigenvalue weighted by atomic mass is 10.1. The average molecular weight is 502 g/mol. The molecule has 11 heteroatoms. The molecule has 2 unspecified atom stereocenters. The number of aromatic nitrogens is 4. The second-order valence-corrected chi connectivity index (χ2v) is 8.79. The van der Waals surface area contributed by atoms with E-state index in [2.05, 4.69) is 30.5 Å². The third-order valence-electron chi connectivity index (χ3n) is 6.06. The lowest BCUT2D eigenvalue weighted by Gasteiger charge is -2.20. The minimum absolute atomic E-state index is 0. The fourth-order valence-corrected chi connectivity index (χ4v) is 4.34. The van der Waals surface area contributed by atoms with Crippen molar-refractivity contribution in [2.75, 3.05) is 23.3 Å². The fraction of sp³-hybridized carbons (Fsp3) is 0.348. The van der Waals surface area contributed by atoms with Gasteiger partial charge in [0, 0.05) is 43.2 Å². The Kier molecular flexibility index (Phi) is 7.45. The maximum absolute atomic E-state index is 12.9. The van der Waals surface area contributed by atoms with E-state index < -0.39 is 0 Å². The van der Waals surface area contributed by atoms with Crippen molar-refractivity contribution in [3.05, 3.63) is 70.4 Å². The number of benzene rings is 1. The van der Waals surface area contributed by atoms with Crippen LogP contribution in [-0.4, -0.2) is 44.0 Å². The largest absolute Gasteiger partial charge is 0.392 e. The number of anilines is 2. The molecule has 3 aromatic rings. The van der Waals surface area contributed by atoms with Crippen LogP contribution in [0.15, 0.2) is 42.9 Å². The highest BCUT2D eigenvalue weighted by Crippen LogP contribution is 2.45. The highest BCUT2D eigenvalue weighted by Gasteiger charge is 2.45. The van der Waals surface area contributed by atoms with E-state index in [9.17, 15) is 9.90 Å². The van der Waals surface area contributed by atoms with Gasteiger partial charge in [-0.3, -0.25) is 4.79 Å². The van der Waals surface area contributed by atoms with E-state index in [1.54, 1.807) is 36.8 Å².